The van der Waals surface area contributed by atoms with Crippen molar-refractivity contribution in [2.45, 2.75) is 26.0 Å². The van der Waals surface area contributed by atoms with E-state index in [0.717, 1.165) is 34.9 Å². The highest BCUT2D eigenvalue weighted by atomic mass is 16.5. The van der Waals surface area contributed by atoms with E-state index in [-0.39, 0.29) is 0 Å². The molecule has 1 aromatic heterocycles. The third-order valence-corrected chi connectivity index (χ3v) is 3.82. The number of ether oxygens (including phenoxy) is 2. The predicted octanol–water partition coefficient (Wildman–Crippen LogP) is 1.82. The highest BCUT2D eigenvalue weighted by Gasteiger charge is 2.16. The minimum atomic E-state index is -0.599. The van der Waals surface area contributed by atoms with Gasteiger partial charge in [-0.3, -0.25) is 0 Å². The van der Waals surface area contributed by atoms with Gasteiger partial charge in [0.2, 0.25) is 5.88 Å². The molecule has 1 heterocycles. The number of methoxy groups -OCH3 is 2. The van der Waals surface area contributed by atoms with Crippen molar-refractivity contribution >= 4 is 0 Å². The third-order valence-electron chi connectivity index (χ3n) is 3.82. The van der Waals surface area contributed by atoms with Crippen LogP contribution in [0.5, 0.6) is 11.6 Å². The molecular weight excluding hydrogens is 294 g/mol. The molecule has 0 aliphatic heterocycles. The molecular formula is C17H25N3O3. The molecule has 6 nitrogen and oxygen atoms in total. The van der Waals surface area contributed by atoms with Gasteiger partial charge in [0.1, 0.15) is 5.75 Å². The lowest BCUT2D eigenvalue weighted by molar-refractivity contribution is 0.174. The van der Waals surface area contributed by atoms with E-state index in [0.29, 0.717) is 13.1 Å². The maximum Gasteiger partial charge on any atom is 0.216 e. The monoisotopic (exact) mass is 319 g/mol. The summed E-state index contributed by atoms with van der Waals surface area (Å²) in [5.41, 5.74) is 2.87. The molecule has 0 spiro atoms. The molecule has 2 N–H and O–H groups in total. The normalized spacial score (nSPS) is 12.2. The molecule has 23 heavy (non-hydrogen) atoms. The van der Waals surface area contributed by atoms with Gasteiger partial charge in [-0.2, -0.15) is 5.10 Å². The summed E-state index contributed by atoms with van der Waals surface area (Å²) in [6.07, 6.45) is 0.241. The number of benzene rings is 1. The van der Waals surface area contributed by atoms with Crippen molar-refractivity contribution < 1.29 is 14.6 Å². The van der Waals surface area contributed by atoms with Gasteiger partial charge in [0.05, 0.1) is 31.6 Å². The van der Waals surface area contributed by atoms with Gasteiger partial charge >= 0.3 is 0 Å². The fraction of sp³-hybridized carbons (Fsp3) is 0.471. The van der Waals surface area contributed by atoms with Crippen LogP contribution in [0.1, 0.15) is 29.8 Å². The zero-order valence-electron chi connectivity index (χ0n) is 14.2. The van der Waals surface area contributed by atoms with Crippen LogP contribution in [0, 0.1) is 0 Å². The lowest BCUT2D eigenvalue weighted by Crippen LogP contribution is -2.21. The second-order valence-electron chi connectivity index (χ2n) is 5.33. The first-order valence-electron chi connectivity index (χ1n) is 7.72. The average molecular weight is 319 g/mol. The Morgan fingerprint density at radius 1 is 1.30 bits per heavy atom. The van der Waals surface area contributed by atoms with Gasteiger partial charge < -0.3 is 19.9 Å². The van der Waals surface area contributed by atoms with Gasteiger partial charge in [0.25, 0.3) is 0 Å². The molecule has 0 bridgehead atoms. The van der Waals surface area contributed by atoms with E-state index in [2.05, 4.69) is 17.3 Å². The lowest BCUT2D eigenvalue weighted by atomic mass is 10.1. The molecule has 0 aliphatic rings. The van der Waals surface area contributed by atoms with E-state index in [9.17, 15) is 5.11 Å². The summed E-state index contributed by atoms with van der Waals surface area (Å²) in [4.78, 5) is 0. The van der Waals surface area contributed by atoms with Crippen LogP contribution in [0.3, 0.4) is 0 Å². The van der Waals surface area contributed by atoms with Crippen molar-refractivity contribution in [1.29, 1.82) is 0 Å². The first kappa shape index (κ1) is 17.3. The first-order chi connectivity index (χ1) is 11.1. The van der Waals surface area contributed by atoms with Crippen molar-refractivity contribution in [3.63, 3.8) is 0 Å². The van der Waals surface area contributed by atoms with Crippen LogP contribution in [-0.4, -0.2) is 35.7 Å². The fourth-order valence-corrected chi connectivity index (χ4v) is 2.62. The Labute approximate surface area is 137 Å². The van der Waals surface area contributed by atoms with Gasteiger partial charge in [-0.25, -0.2) is 4.68 Å². The first-order valence-corrected chi connectivity index (χ1v) is 7.72. The largest absolute Gasteiger partial charge is 0.497 e. The summed E-state index contributed by atoms with van der Waals surface area (Å²) in [7, 11) is 5.13. The molecule has 0 saturated heterocycles. The van der Waals surface area contributed by atoms with E-state index in [1.165, 1.54) is 0 Å². The zero-order valence-corrected chi connectivity index (χ0v) is 14.2. The number of aryl methyl sites for hydroxylation is 2. The summed E-state index contributed by atoms with van der Waals surface area (Å²) in [6.45, 7) is 3.10. The SMILES string of the molecule is CCc1nn(C)c(OC)c1CNCC(O)c1cccc(OC)c1. The summed E-state index contributed by atoms with van der Waals surface area (Å²) >= 11 is 0. The molecule has 0 radical (unpaired) electrons. The standard InChI is InChI=1S/C17H25N3O3/c1-5-15-14(17(23-4)20(2)19-15)10-18-11-16(21)12-7-6-8-13(9-12)22-3/h6-9,16,18,21H,5,10-11H2,1-4H3. The summed E-state index contributed by atoms with van der Waals surface area (Å²) in [6, 6.07) is 7.46. The molecule has 6 heteroatoms. The van der Waals surface area contributed by atoms with Crippen molar-refractivity contribution in [3.05, 3.63) is 41.1 Å². The predicted molar refractivity (Wildman–Crippen MR) is 88.8 cm³/mol. The van der Waals surface area contributed by atoms with Crippen LogP contribution in [0.2, 0.25) is 0 Å². The number of aliphatic hydroxyl groups excluding tert-OH is 1. The maximum atomic E-state index is 10.3. The molecule has 1 atom stereocenters. The van der Waals surface area contributed by atoms with Crippen LogP contribution < -0.4 is 14.8 Å². The van der Waals surface area contributed by atoms with Crippen LogP contribution in [0.25, 0.3) is 0 Å². The van der Waals surface area contributed by atoms with Gasteiger partial charge in [-0.1, -0.05) is 19.1 Å². The zero-order chi connectivity index (χ0) is 16.8. The minimum Gasteiger partial charge on any atom is -0.497 e. The van der Waals surface area contributed by atoms with E-state index in [1.807, 2.05) is 31.3 Å². The molecule has 126 valence electrons. The van der Waals surface area contributed by atoms with Gasteiger partial charge in [-0.15, -0.1) is 0 Å². The van der Waals surface area contributed by atoms with Gasteiger partial charge in [0.15, 0.2) is 0 Å². The van der Waals surface area contributed by atoms with E-state index >= 15 is 0 Å². The Bertz CT molecular complexity index is 640. The maximum absolute atomic E-state index is 10.3. The quantitative estimate of drug-likeness (QED) is 0.777. The highest BCUT2D eigenvalue weighted by molar-refractivity contribution is 5.32. The Kier molecular flexibility index (Phi) is 6.01. The number of nitrogens with one attached hydrogen (secondary N) is 1. The molecule has 1 aromatic carbocycles. The van der Waals surface area contributed by atoms with Crippen LogP contribution in [0.15, 0.2) is 24.3 Å². The van der Waals surface area contributed by atoms with Crippen molar-refractivity contribution in [2.75, 3.05) is 20.8 Å². The Morgan fingerprint density at radius 2 is 2.09 bits per heavy atom. The third kappa shape index (κ3) is 4.03. The smallest absolute Gasteiger partial charge is 0.216 e. The molecule has 0 fully saturated rings. The van der Waals surface area contributed by atoms with Crippen LogP contribution in [0.4, 0.5) is 0 Å². The number of nitrogens with zero attached hydrogens (tertiary/aromatic N) is 2. The lowest BCUT2D eigenvalue weighted by Gasteiger charge is -2.13. The van der Waals surface area contributed by atoms with Crippen LogP contribution >= 0.6 is 0 Å². The van der Waals surface area contributed by atoms with Gasteiger partial charge in [0, 0.05) is 20.1 Å². The van der Waals surface area contributed by atoms with Crippen molar-refractivity contribution in [3.8, 4) is 11.6 Å². The second kappa shape index (κ2) is 7.99. The molecule has 0 aliphatic carbocycles. The minimum absolute atomic E-state index is 0.439. The summed E-state index contributed by atoms with van der Waals surface area (Å²) < 4.78 is 12.3. The Morgan fingerprint density at radius 3 is 2.74 bits per heavy atom. The number of aliphatic hydroxyl groups is 1. The highest BCUT2D eigenvalue weighted by Crippen LogP contribution is 2.22. The van der Waals surface area contributed by atoms with Crippen LogP contribution in [-0.2, 0) is 20.0 Å². The second-order valence-corrected chi connectivity index (χ2v) is 5.33. The molecule has 2 rings (SSSR count). The average Bonchev–Trinajstić information content (AvgIpc) is 2.89. The van der Waals surface area contributed by atoms with E-state index in [4.69, 9.17) is 9.47 Å². The molecule has 1 unspecified atom stereocenters. The number of rotatable bonds is 8. The Balaban J connectivity index is 1.99. The molecule has 0 amide bonds. The number of hydrogen-bond acceptors (Lipinski definition) is 5. The van der Waals surface area contributed by atoms with Gasteiger partial charge in [-0.05, 0) is 24.1 Å². The molecule has 0 saturated carbocycles. The topological polar surface area (TPSA) is 68.5 Å². The Hall–Kier alpha value is -2.05. The summed E-state index contributed by atoms with van der Waals surface area (Å²) in [5, 5.41) is 18.0. The molecule has 2 aromatic rings. The summed E-state index contributed by atoms with van der Waals surface area (Å²) in [5.74, 6) is 1.49. The van der Waals surface area contributed by atoms with E-state index < -0.39 is 6.10 Å². The van der Waals surface area contributed by atoms with E-state index in [1.54, 1.807) is 18.9 Å². The van der Waals surface area contributed by atoms with Crippen molar-refractivity contribution in [2.24, 2.45) is 7.05 Å². The number of hydrogen-bond donors (Lipinski definition) is 2. The fourth-order valence-electron chi connectivity index (χ4n) is 2.62. The van der Waals surface area contributed by atoms with Crippen molar-refractivity contribution in [1.82, 2.24) is 15.1 Å². The number of aromatic nitrogens is 2.